The monoisotopic (exact) mass is 418 g/mol. The molecule has 0 radical (unpaired) electrons. The molecule has 0 saturated heterocycles. The fourth-order valence-corrected chi connectivity index (χ4v) is 4.94. The normalized spacial score (nSPS) is 14.9. The van der Waals surface area contributed by atoms with Gasteiger partial charge in [-0.3, -0.25) is 9.36 Å². The summed E-state index contributed by atoms with van der Waals surface area (Å²) in [6, 6.07) is 17.5. The van der Waals surface area contributed by atoms with Crippen molar-refractivity contribution >= 4 is 22.7 Å². The SMILES string of the molecule is O=c1c2ccccc2nc(SCc2nc(-c3ccccc3)no2)n1C1CCCCC1. The van der Waals surface area contributed by atoms with Crippen LogP contribution in [0.2, 0.25) is 0 Å². The summed E-state index contributed by atoms with van der Waals surface area (Å²) in [7, 11) is 0. The summed E-state index contributed by atoms with van der Waals surface area (Å²) in [4.78, 5) is 22.6. The number of nitrogens with zero attached hydrogens (tertiary/aromatic N) is 4. The Labute approximate surface area is 178 Å². The van der Waals surface area contributed by atoms with Gasteiger partial charge in [0.1, 0.15) is 0 Å². The summed E-state index contributed by atoms with van der Waals surface area (Å²) in [6.45, 7) is 0. The Morgan fingerprint density at radius 2 is 1.73 bits per heavy atom. The number of benzene rings is 2. The maximum atomic E-state index is 13.3. The van der Waals surface area contributed by atoms with E-state index in [1.807, 2.05) is 59.2 Å². The van der Waals surface area contributed by atoms with Crippen molar-refractivity contribution in [3.8, 4) is 11.4 Å². The number of rotatable bonds is 5. The Morgan fingerprint density at radius 3 is 2.57 bits per heavy atom. The van der Waals surface area contributed by atoms with Gasteiger partial charge in [0, 0.05) is 11.6 Å². The smallest absolute Gasteiger partial charge is 0.262 e. The van der Waals surface area contributed by atoms with Crippen molar-refractivity contribution in [3.63, 3.8) is 0 Å². The Hall–Kier alpha value is -2.93. The molecule has 1 saturated carbocycles. The van der Waals surface area contributed by atoms with Gasteiger partial charge < -0.3 is 4.52 Å². The molecule has 4 aromatic rings. The third kappa shape index (κ3) is 3.77. The molecule has 0 amide bonds. The summed E-state index contributed by atoms with van der Waals surface area (Å²) < 4.78 is 7.35. The lowest BCUT2D eigenvalue weighted by Crippen LogP contribution is -2.29. The molecule has 2 aromatic carbocycles. The molecule has 30 heavy (non-hydrogen) atoms. The van der Waals surface area contributed by atoms with Gasteiger partial charge in [-0.25, -0.2) is 4.98 Å². The van der Waals surface area contributed by atoms with E-state index in [1.165, 1.54) is 18.2 Å². The molecule has 5 rings (SSSR count). The number of para-hydroxylation sites is 1. The molecule has 0 atom stereocenters. The highest BCUT2D eigenvalue weighted by molar-refractivity contribution is 7.98. The summed E-state index contributed by atoms with van der Waals surface area (Å²) in [5, 5.41) is 5.49. The first-order valence-electron chi connectivity index (χ1n) is 10.3. The van der Waals surface area contributed by atoms with E-state index in [1.54, 1.807) is 0 Å². The molecule has 0 aliphatic heterocycles. The van der Waals surface area contributed by atoms with E-state index in [4.69, 9.17) is 9.51 Å². The van der Waals surface area contributed by atoms with E-state index < -0.39 is 0 Å². The van der Waals surface area contributed by atoms with E-state index >= 15 is 0 Å². The second-order valence-electron chi connectivity index (χ2n) is 7.54. The van der Waals surface area contributed by atoms with Crippen LogP contribution < -0.4 is 5.56 Å². The van der Waals surface area contributed by atoms with Gasteiger partial charge in [-0.15, -0.1) is 0 Å². The van der Waals surface area contributed by atoms with Crippen LogP contribution in [0, 0.1) is 0 Å². The fraction of sp³-hybridized carbons (Fsp3) is 0.304. The van der Waals surface area contributed by atoms with Gasteiger partial charge in [0.05, 0.1) is 16.7 Å². The van der Waals surface area contributed by atoms with Crippen LogP contribution in [-0.4, -0.2) is 19.7 Å². The average molecular weight is 419 g/mol. The van der Waals surface area contributed by atoms with E-state index in [2.05, 4.69) is 10.1 Å². The minimum Gasteiger partial charge on any atom is -0.338 e. The average Bonchev–Trinajstić information content (AvgIpc) is 3.28. The quantitative estimate of drug-likeness (QED) is 0.326. The lowest BCUT2D eigenvalue weighted by molar-refractivity contribution is 0.326. The molecule has 0 spiro atoms. The van der Waals surface area contributed by atoms with Gasteiger partial charge in [0.25, 0.3) is 5.56 Å². The van der Waals surface area contributed by atoms with E-state index in [0.717, 1.165) is 41.9 Å². The van der Waals surface area contributed by atoms with Gasteiger partial charge in [0.15, 0.2) is 5.16 Å². The van der Waals surface area contributed by atoms with Crippen molar-refractivity contribution in [2.24, 2.45) is 0 Å². The summed E-state index contributed by atoms with van der Waals surface area (Å²) in [5.41, 5.74) is 1.69. The highest BCUT2D eigenvalue weighted by Gasteiger charge is 2.22. The Kier molecular flexibility index (Phi) is 5.36. The van der Waals surface area contributed by atoms with Crippen LogP contribution in [0.3, 0.4) is 0 Å². The van der Waals surface area contributed by atoms with Crippen molar-refractivity contribution in [2.75, 3.05) is 0 Å². The van der Waals surface area contributed by atoms with Crippen LogP contribution in [0.1, 0.15) is 44.0 Å². The van der Waals surface area contributed by atoms with Crippen molar-refractivity contribution in [2.45, 2.75) is 49.1 Å². The van der Waals surface area contributed by atoms with Crippen molar-refractivity contribution in [1.82, 2.24) is 19.7 Å². The van der Waals surface area contributed by atoms with Crippen LogP contribution >= 0.6 is 11.8 Å². The lowest BCUT2D eigenvalue weighted by atomic mass is 9.95. The van der Waals surface area contributed by atoms with Crippen LogP contribution in [-0.2, 0) is 5.75 Å². The second kappa shape index (κ2) is 8.44. The highest BCUT2D eigenvalue weighted by Crippen LogP contribution is 2.32. The van der Waals surface area contributed by atoms with Gasteiger partial charge >= 0.3 is 0 Å². The third-order valence-corrected chi connectivity index (χ3v) is 6.48. The zero-order valence-corrected chi connectivity index (χ0v) is 17.3. The minimum atomic E-state index is 0.0468. The molecule has 152 valence electrons. The Balaban J connectivity index is 1.46. The molecule has 0 unspecified atom stereocenters. The third-order valence-electron chi connectivity index (χ3n) is 5.54. The van der Waals surface area contributed by atoms with Crippen molar-refractivity contribution in [3.05, 3.63) is 70.8 Å². The Morgan fingerprint density at radius 1 is 0.967 bits per heavy atom. The summed E-state index contributed by atoms with van der Waals surface area (Å²) >= 11 is 1.49. The van der Waals surface area contributed by atoms with Crippen molar-refractivity contribution < 1.29 is 4.52 Å². The van der Waals surface area contributed by atoms with E-state index in [-0.39, 0.29) is 11.6 Å². The number of hydrogen-bond acceptors (Lipinski definition) is 6. The molecule has 2 aromatic heterocycles. The topological polar surface area (TPSA) is 73.8 Å². The minimum absolute atomic E-state index is 0.0468. The fourth-order valence-electron chi connectivity index (χ4n) is 4.03. The molecule has 1 aliphatic carbocycles. The summed E-state index contributed by atoms with van der Waals surface area (Å²) in [6.07, 6.45) is 5.58. The molecule has 6 nitrogen and oxygen atoms in total. The molecule has 0 N–H and O–H groups in total. The standard InChI is InChI=1S/C23H22N4O2S/c28-22-18-13-7-8-14-19(18)24-23(27(22)17-11-5-2-6-12-17)30-15-20-25-21(26-29-20)16-9-3-1-4-10-16/h1,3-4,7-10,13-14,17H,2,5-6,11-12,15H2. The molecular weight excluding hydrogens is 396 g/mol. The second-order valence-corrected chi connectivity index (χ2v) is 8.49. The largest absolute Gasteiger partial charge is 0.338 e. The number of fused-ring (bicyclic) bond motifs is 1. The first kappa shape index (κ1) is 19.1. The van der Waals surface area contributed by atoms with Gasteiger partial charge in [0.2, 0.25) is 11.7 Å². The van der Waals surface area contributed by atoms with Crippen LogP contribution in [0.25, 0.3) is 22.3 Å². The number of aromatic nitrogens is 4. The zero-order valence-electron chi connectivity index (χ0n) is 16.5. The molecular formula is C23H22N4O2S. The van der Waals surface area contributed by atoms with Crippen LogP contribution in [0.4, 0.5) is 0 Å². The van der Waals surface area contributed by atoms with E-state index in [0.29, 0.717) is 22.9 Å². The molecule has 2 heterocycles. The first-order chi connectivity index (χ1) is 14.8. The predicted molar refractivity (Wildman–Crippen MR) is 117 cm³/mol. The number of thioether (sulfide) groups is 1. The number of hydrogen-bond donors (Lipinski definition) is 0. The van der Waals surface area contributed by atoms with E-state index in [9.17, 15) is 4.79 Å². The van der Waals surface area contributed by atoms with Crippen molar-refractivity contribution in [1.29, 1.82) is 0 Å². The zero-order chi connectivity index (χ0) is 20.3. The maximum absolute atomic E-state index is 13.3. The highest BCUT2D eigenvalue weighted by atomic mass is 32.2. The molecule has 1 aliphatic rings. The lowest BCUT2D eigenvalue weighted by Gasteiger charge is -2.26. The van der Waals surface area contributed by atoms with Gasteiger partial charge in [-0.05, 0) is 25.0 Å². The van der Waals surface area contributed by atoms with Gasteiger partial charge in [-0.1, -0.05) is 78.6 Å². The molecule has 0 bridgehead atoms. The molecule has 7 heteroatoms. The summed E-state index contributed by atoms with van der Waals surface area (Å²) in [5.74, 6) is 1.57. The first-order valence-corrected chi connectivity index (χ1v) is 11.3. The van der Waals surface area contributed by atoms with Crippen LogP contribution in [0.15, 0.2) is 69.1 Å². The van der Waals surface area contributed by atoms with Gasteiger partial charge in [-0.2, -0.15) is 4.98 Å². The van der Waals surface area contributed by atoms with Crippen LogP contribution in [0.5, 0.6) is 0 Å². The predicted octanol–water partition coefficient (Wildman–Crippen LogP) is 5.24. The molecule has 1 fully saturated rings. The maximum Gasteiger partial charge on any atom is 0.262 e. The Bertz CT molecular complexity index is 1210.